The number of nitrogens with zero attached hydrogens (tertiary/aromatic N) is 1. The first kappa shape index (κ1) is 12.7. The lowest BCUT2D eigenvalue weighted by Crippen LogP contribution is -2.42. The maximum absolute atomic E-state index is 12.4. The summed E-state index contributed by atoms with van der Waals surface area (Å²) in [7, 11) is 0. The van der Waals surface area contributed by atoms with Crippen molar-refractivity contribution < 1.29 is 4.79 Å². The monoisotopic (exact) mass is 327 g/mol. The number of thiophene rings is 1. The van der Waals surface area contributed by atoms with Gasteiger partial charge in [0.25, 0.3) is 5.91 Å². The predicted octanol–water partition coefficient (Wildman–Crippen LogP) is 4.31. The number of carbonyl (C=O) groups is 1. The van der Waals surface area contributed by atoms with Crippen LogP contribution in [0.15, 0.2) is 15.9 Å². The minimum atomic E-state index is 0.213. The molecule has 1 saturated heterocycles. The fourth-order valence-electron chi connectivity index (χ4n) is 3.40. The number of amides is 1. The van der Waals surface area contributed by atoms with Gasteiger partial charge in [0, 0.05) is 17.6 Å². The van der Waals surface area contributed by atoms with E-state index in [4.69, 9.17) is 0 Å². The van der Waals surface area contributed by atoms with Crippen molar-refractivity contribution >= 4 is 33.2 Å². The average Bonchev–Trinajstić information content (AvgIpc) is 2.99. The SMILES string of the molecule is O=C(c1sccc1Br)N1CCC2(CCCC2)CC1. The molecule has 1 saturated carbocycles. The van der Waals surface area contributed by atoms with Crippen molar-refractivity contribution in [3.8, 4) is 0 Å². The average molecular weight is 328 g/mol. The summed E-state index contributed by atoms with van der Waals surface area (Å²) in [5, 5.41) is 1.97. The lowest BCUT2D eigenvalue weighted by atomic mass is 9.77. The summed E-state index contributed by atoms with van der Waals surface area (Å²) in [4.78, 5) is 15.3. The first-order valence-corrected chi connectivity index (χ1v) is 8.40. The predicted molar refractivity (Wildman–Crippen MR) is 78.1 cm³/mol. The van der Waals surface area contributed by atoms with Crippen LogP contribution in [0.1, 0.15) is 48.2 Å². The van der Waals surface area contributed by atoms with Crippen molar-refractivity contribution in [2.24, 2.45) is 5.41 Å². The first-order chi connectivity index (χ1) is 8.70. The molecule has 0 N–H and O–H groups in total. The highest BCUT2D eigenvalue weighted by molar-refractivity contribution is 9.10. The number of carbonyl (C=O) groups excluding carboxylic acids is 1. The third-order valence-corrected chi connectivity index (χ3v) is 6.41. The Morgan fingerprint density at radius 2 is 1.89 bits per heavy atom. The van der Waals surface area contributed by atoms with E-state index in [1.165, 1.54) is 49.9 Å². The quantitative estimate of drug-likeness (QED) is 0.752. The van der Waals surface area contributed by atoms with Gasteiger partial charge in [0.1, 0.15) is 4.88 Å². The third-order valence-electron chi connectivity index (χ3n) is 4.59. The van der Waals surface area contributed by atoms with Crippen LogP contribution in [0.5, 0.6) is 0 Å². The van der Waals surface area contributed by atoms with Gasteiger partial charge in [0.2, 0.25) is 0 Å². The van der Waals surface area contributed by atoms with E-state index >= 15 is 0 Å². The highest BCUT2D eigenvalue weighted by Crippen LogP contribution is 2.46. The number of hydrogen-bond acceptors (Lipinski definition) is 2. The largest absolute Gasteiger partial charge is 0.338 e. The van der Waals surface area contributed by atoms with Gasteiger partial charge >= 0.3 is 0 Å². The van der Waals surface area contributed by atoms with E-state index in [0.717, 1.165) is 22.4 Å². The molecule has 18 heavy (non-hydrogen) atoms. The minimum absolute atomic E-state index is 0.213. The highest BCUT2D eigenvalue weighted by atomic mass is 79.9. The summed E-state index contributed by atoms with van der Waals surface area (Å²) in [6.07, 6.45) is 7.98. The highest BCUT2D eigenvalue weighted by Gasteiger charge is 2.38. The van der Waals surface area contributed by atoms with E-state index in [-0.39, 0.29) is 5.91 Å². The van der Waals surface area contributed by atoms with E-state index in [9.17, 15) is 4.79 Å². The molecule has 1 aliphatic carbocycles. The van der Waals surface area contributed by atoms with Crippen LogP contribution < -0.4 is 0 Å². The maximum Gasteiger partial charge on any atom is 0.265 e. The second-order valence-corrected chi connectivity index (χ2v) is 7.37. The molecular weight excluding hydrogens is 310 g/mol. The molecule has 1 spiro atoms. The molecule has 98 valence electrons. The van der Waals surface area contributed by atoms with Gasteiger partial charge in [-0.3, -0.25) is 4.79 Å². The molecule has 2 fully saturated rings. The van der Waals surface area contributed by atoms with Crippen LogP contribution in [0.2, 0.25) is 0 Å². The molecule has 2 nitrogen and oxygen atoms in total. The molecule has 2 heterocycles. The summed E-state index contributed by atoms with van der Waals surface area (Å²) in [5.74, 6) is 0.213. The smallest absolute Gasteiger partial charge is 0.265 e. The lowest BCUT2D eigenvalue weighted by Gasteiger charge is -2.39. The van der Waals surface area contributed by atoms with Gasteiger partial charge in [0.15, 0.2) is 0 Å². The Kier molecular flexibility index (Phi) is 3.50. The van der Waals surface area contributed by atoms with Crippen LogP contribution in [0.3, 0.4) is 0 Å². The van der Waals surface area contributed by atoms with E-state index in [2.05, 4.69) is 15.9 Å². The topological polar surface area (TPSA) is 20.3 Å². The fraction of sp³-hybridized carbons (Fsp3) is 0.643. The van der Waals surface area contributed by atoms with E-state index in [0.29, 0.717) is 5.41 Å². The zero-order valence-electron chi connectivity index (χ0n) is 10.5. The lowest BCUT2D eigenvalue weighted by molar-refractivity contribution is 0.0591. The Labute approximate surface area is 120 Å². The molecule has 0 unspecified atom stereocenters. The zero-order chi connectivity index (χ0) is 12.6. The standard InChI is InChI=1S/C14H18BrNOS/c15-11-3-10-18-12(11)13(17)16-8-6-14(7-9-16)4-1-2-5-14/h3,10H,1-2,4-9H2. The van der Waals surface area contributed by atoms with Gasteiger partial charge in [-0.1, -0.05) is 12.8 Å². The number of piperidine rings is 1. The Balaban J connectivity index is 1.66. The summed E-state index contributed by atoms with van der Waals surface area (Å²) < 4.78 is 0.943. The summed E-state index contributed by atoms with van der Waals surface area (Å²) in [6, 6.07) is 1.96. The first-order valence-electron chi connectivity index (χ1n) is 6.73. The third kappa shape index (κ3) is 2.25. The van der Waals surface area contributed by atoms with Crippen molar-refractivity contribution in [2.45, 2.75) is 38.5 Å². The van der Waals surface area contributed by atoms with Crippen molar-refractivity contribution in [2.75, 3.05) is 13.1 Å². The molecule has 4 heteroatoms. The van der Waals surface area contributed by atoms with Crippen molar-refractivity contribution in [3.05, 3.63) is 20.8 Å². The molecule has 0 radical (unpaired) electrons. The van der Waals surface area contributed by atoms with E-state index < -0.39 is 0 Å². The van der Waals surface area contributed by atoms with Crippen LogP contribution in [-0.4, -0.2) is 23.9 Å². The molecule has 0 bridgehead atoms. The Bertz CT molecular complexity index is 440. The van der Waals surface area contributed by atoms with Gasteiger partial charge < -0.3 is 4.90 Å². The Hall–Kier alpha value is -0.350. The van der Waals surface area contributed by atoms with E-state index in [1.807, 2.05) is 16.3 Å². The van der Waals surface area contributed by atoms with Gasteiger partial charge in [-0.15, -0.1) is 11.3 Å². The van der Waals surface area contributed by atoms with Crippen LogP contribution in [0.25, 0.3) is 0 Å². The zero-order valence-corrected chi connectivity index (χ0v) is 12.9. The van der Waals surface area contributed by atoms with Gasteiger partial charge in [-0.2, -0.15) is 0 Å². The Morgan fingerprint density at radius 3 is 2.44 bits per heavy atom. The molecular formula is C14H18BrNOS. The molecule has 3 rings (SSSR count). The van der Waals surface area contributed by atoms with Crippen LogP contribution in [0.4, 0.5) is 0 Å². The molecule has 1 aromatic rings. The van der Waals surface area contributed by atoms with Gasteiger partial charge in [-0.05, 0) is 58.5 Å². The summed E-state index contributed by atoms with van der Waals surface area (Å²) >= 11 is 4.99. The van der Waals surface area contributed by atoms with Crippen molar-refractivity contribution in [1.29, 1.82) is 0 Å². The molecule has 0 aromatic carbocycles. The molecule has 1 amide bonds. The minimum Gasteiger partial charge on any atom is -0.338 e. The Morgan fingerprint density at radius 1 is 1.22 bits per heavy atom. The van der Waals surface area contributed by atoms with Crippen LogP contribution >= 0.6 is 27.3 Å². The van der Waals surface area contributed by atoms with Gasteiger partial charge in [0.05, 0.1) is 0 Å². The van der Waals surface area contributed by atoms with Gasteiger partial charge in [-0.25, -0.2) is 0 Å². The number of halogens is 1. The number of likely N-dealkylation sites (tertiary alicyclic amines) is 1. The summed E-state index contributed by atoms with van der Waals surface area (Å²) in [6.45, 7) is 1.90. The van der Waals surface area contributed by atoms with E-state index in [1.54, 1.807) is 0 Å². The normalized spacial score (nSPS) is 22.6. The molecule has 1 aliphatic heterocycles. The summed E-state index contributed by atoms with van der Waals surface area (Å²) in [5.41, 5.74) is 0.587. The van der Waals surface area contributed by atoms with Crippen molar-refractivity contribution in [1.82, 2.24) is 4.90 Å². The number of rotatable bonds is 1. The van der Waals surface area contributed by atoms with Crippen LogP contribution in [-0.2, 0) is 0 Å². The van der Waals surface area contributed by atoms with Crippen LogP contribution in [0, 0.1) is 5.41 Å². The second kappa shape index (κ2) is 4.97. The molecule has 0 atom stereocenters. The second-order valence-electron chi connectivity index (χ2n) is 5.60. The molecule has 1 aromatic heterocycles. The number of hydrogen-bond donors (Lipinski definition) is 0. The van der Waals surface area contributed by atoms with Crippen molar-refractivity contribution in [3.63, 3.8) is 0 Å². The fourth-order valence-corrected chi connectivity index (χ4v) is 4.91. The maximum atomic E-state index is 12.4. The molecule has 2 aliphatic rings.